The molecule has 4 nitrogen and oxygen atoms in total. The molecular formula is C17H30IN3O. The van der Waals surface area contributed by atoms with Crippen LogP contribution in [0.15, 0.2) is 27.8 Å². The van der Waals surface area contributed by atoms with E-state index in [-0.39, 0.29) is 24.0 Å². The van der Waals surface area contributed by atoms with Crippen LogP contribution in [-0.2, 0) is 6.42 Å². The maximum absolute atomic E-state index is 5.38. The van der Waals surface area contributed by atoms with E-state index >= 15 is 0 Å². The van der Waals surface area contributed by atoms with Crippen LogP contribution in [0.4, 0.5) is 0 Å². The zero-order valence-corrected chi connectivity index (χ0v) is 16.4. The molecule has 0 bridgehead atoms. The highest BCUT2D eigenvalue weighted by atomic mass is 127. The van der Waals surface area contributed by atoms with Crippen LogP contribution in [0.5, 0.6) is 0 Å². The summed E-state index contributed by atoms with van der Waals surface area (Å²) in [6.45, 7) is 10.8. The van der Waals surface area contributed by atoms with Crippen molar-refractivity contribution in [3.8, 4) is 0 Å². The fraction of sp³-hybridized carbons (Fsp3) is 0.706. The van der Waals surface area contributed by atoms with Crippen molar-refractivity contribution in [3.63, 3.8) is 0 Å². The number of hydrogen-bond donors (Lipinski definition) is 1. The smallest absolute Gasteiger partial charge is 0.193 e. The second-order valence-electron chi connectivity index (χ2n) is 6.48. The van der Waals surface area contributed by atoms with Gasteiger partial charge >= 0.3 is 0 Å². The molecule has 0 aliphatic carbocycles. The Morgan fingerprint density at radius 3 is 2.73 bits per heavy atom. The van der Waals surface area contributed by atoms with E-state index in [2.05, 4.69) is 31.0 Å². The second-order valence-corrected chi connectivity index (χ2v) is 6.48. The summed E-state index contributed by atoms with van der Waals surface area (Å²) < 4.78 is 5.38. The zero-order chi connectivity index (χ0) is 15.1. The van der Waals surface area contributed by atoms with Crippen molar-refractivity contribution in [3.05, 3.63) is 24.2 Å². The summed E-state index contributed by atoms with van der Waals surface area (Å²) in [4.78, 5) is 7.20. The zero-order valence-electron chi connectivity index (χ0n) is 14.0. The third-order valence-electron chi connectivity index (χ3n) is 3.92. The van der Waals surface area contributed by atoms with Crippen LogP contribution in [-0.4, -0.2) is 37.0 Å². The maximum Gasteiger partial charge on any atom is 0.193 e. The van der Waals surface area contributed by atoms with Crippen molar-refractivity contribution < 1.29 is 4.42 Å². The van der Waals surface area contributed by atoms with E-state index in [1.165, 1.54) is 12.8 Å². The molecule has 0 spiro atoms. The quantitative estimate of drug-likeness (QED) is 0.449. The monoisotopic (exact) mass is 419 g/mol. The summed E-state index contributed by atoms with van der Waals surface area (Å²) >= 11 is 0. The van der Waals surface area contributed by atoms with Gasteiger partial charge in [0.2, 0.25) is 0 Å². The average molecular weight is 419 g/mol. The number of likely N-dealkylation sites (tertiary alicyclic amines) is 1. The van der Waals surface area contributed by atoms with Crippen molar-refractivity contribution >= 4 is 29.9 Å². The predicted octanol–water partition coefficient (Wildman–Crippen LogP) is 3.77. The lowest BCUT2D eigenvalue weighted by Crippen LogP contribution is -2.46. The lowest BCUT2D eigenvalue weighted by atomic mass is 9.99. The van der Waals surface area contributed by atoms with Gasteiger partial charge in [-0.05, 0) is 36.8 Å². The molecule has 0 atom stereocenters. The van der Waals surface area contributed by atoms with Gasteiger partial charge in [0.15, 0.2) is 5.96 Å². The summed E-state index contributed by atoms with van der Waals surface area (Å²) in [5.41, 5.74) is 0. The standard InChI is InChI=1S/C17H29N3O.HI/c1-14(2)13-19-17(20-10-7-15(3)8-11-20)18-9-6-16-5-4-12-21-16;/h4-5,12,14-15H,6-11,13H2,1-3H3,(H,18,19);1H. The molecule has 1 aromatic rings. The fourth-order valence-corrected chi connectivity index (χ4v) is 2.51. The summed E-state index contributed by atoms with van der Waals surface area (Å²) in [5, 5.41) is 3.51. The molecule has 2 heterocycles. The predicted molar refractivity (Wildman–Crippen MR) is 103 cm³/mol. The summed E-state index contributed by atoms with van der Waals surface area (Å²) in [6.07, 6.45) is 5.16. The van der Waals surface area contributed by atoms with Gasteiger partial charge in [0.1, 0.15) is 5.76 Å². The summed E-state index contributed by atoms with van der Waals surface area (Å²) in [5.74, 6) is 3.53. The van der Waals surface area contributed by atoms with Crippen LogP contribution in [0.25, 0.3) is 0 Å². The first kappa shape index (κ1) is 19.3. The minimum atomic E-state index is 0. The van der Waals surface area contributed by atoms with E-state index in [9.17, 15) is 0 Å². The van der Waals surface area contributed by atoms with Gasteiger partial charge in [0, 0.05) is 32.6 Å². The molecule has 1 aliphatic rings. The topological polar surface area (TPSA) is 40.8 Å². The molecule has 1 N–H and O–H groups in total. The molecular weight excluding hydrogens is 389 g/mol. The Labute approximate surface area is 151 Å². The first-order chi connectivity index (χ1) is 10.1. The SMILES string of the molecule is CC(C)CN=C(NCCc1ccco1)N1CCC(C)CC1.I. The highest BCUT2D eigenvalue weighted by Crippen LogP contribution is 2.16. The second kappa shape index (κ2) is 10.1. The lowest BCUT2D eigenvalue weighted by molar-refractivity contribution is 0.272. The van der Waals surface area contributed by atoms with Gasteiger partial charge in [-0.1, -0.05) is 20.8 Å². The Balaban J connectivity index is 0.00000242. The Morgan fingerprint density at radius 2 is 2.14 bits per heavy atom. The van der Waals surface area contributed by atoms with Crippen molar-refractivity contribution in [1.29, 1.82) is 0 Å². The molecule has 1 saturated heterocycles. The molecule has 1 fully saturated rings. The van der Waals surface area contributed by atoms with E-state index < -0.39 is 0 Å². The van der Waals surface area contributed by atoms with Crippen LogP contribution in [0.2, 0.25) is 0 Å². The number of nitrogens with one attached hydrogen (secondary N) is 1. The summed E-state index contributed by atoms with van der Waals surface area (Å²) in [7, 11) is 0. The number of aliphatic imine (C=N–C) groups is 1. The molecule has 22 heavy (non-hydrogen) atoms. The number of rotatable bonds is 5. The van der Waals surface area contributed by atoms with Gasteiger partial charge in [0.05, 0.1) is 6.26 Å². The normalized spacial score (nSPS) is 16.7. The average Bonchev–Trinajstić information content (AvgIpc) is 2.97. The van der Waals surface area contributed by atoms with Crippen LogP contribution in [0.3, 0.4) is 0 Å². The lowest BCUT2D eigenvalue weighted by Gasteiger charge is -2.33. The van der Waals surface area contributed by atoms with Gasteiger partial charge in [0.25, 0.3) is 0 Å². The third kappa shape index (κ3) is 6.58. The Kier molecular flexibility index (Phi) is 8.90. The molecule has 2 rings (SSSR count). The Hall–Kier alpha value is -0.720. The first-order valence-electron chi connectivity index (χ1n) is 8.20. The molecule has 1 aliphatic heterocycles. The van der Waals surface area contributed by atoms with Crippen LogP contribution < -0.4 is 5.32 Å². The molecule has 0 radical (unpaired) electrons. The maximum atomic E-state index is 5.38. The Bertz CT molecular complexity index is 423. The molecule has 126 valence electrons. The van der Waals surface area contributed by atoms with E-state index in [1.54, 1.807) is 6.26 Å². The molecule has 0 saturated carbocycles. The van der Waals surface area contributed by atoms with Crippen molar-refractivity contribution in [2.45, 2.75) is 40.0 Å². The van der Waals surface area contributed by atoms with Crippen LogP contribution >= 0.6 is 24.0 Å². The molecule has 0 amide bonds. The number of halogens is 1. The largest absolute Gasteiger partial charge is 0.469 e. The molecule has 5 heteroatoms. The van der Waals surface area contributed by atoms with Crippen LogP contribution in [0.1, 0.15) is 39.4 Å². The minimum absolute atomic E-state index is 0. The number of furan rings is 1. The molecule has 0 aromatic carbocycles. The highest BCUT2D eigenvalue weighted by molar-refractivity contribution is 14.0. The van der Waals surface area contributed by atoms with Crippen molar-refractivity contribution in [2.24, 2.45) is 16.8 Å². The van der Waals surface area contributed by atoms with Gasteiger partial charge in [-0.3, -0.25) is 4.99 Å². The van der Waals surface area contributed by atoms with Gasteiger partial charge in [-0.2, -0.15) is 0 Å². The Morgan fingerprint density at radius 1 is 1.41 bits per heavy atom. The molecule has 0 unspecified atom stereocenters. The number of hydrogen-bond acceptors (Lipinski definition) is 2. The number of nitrogens with zero attached hydrogens (tertiary/aromatic N) is 2. The molecule has 1 aromatic heterocycles. The highest BCUT2D eigenvalue weighted by Gasteiger charge is 2.18. The van der Waals surface area contributed by atoms with Crippen LogP contribution in [0, 0.1) is 11.8 Å². The van der Waals surface area contributed by atoms with E-state index in [1.807, 2.05) is 12.1 Å². The van der Waals surface area contributed by atoms with Crippen molar-refractivity contribution in [1.82, 2.24) is 10.2 Å². The fourth-order valence-electron chi connectivity index (χ4n) is 2.51. The van der Waals surface area contributed by atoms with Gasteiger partial charge < -0.3 is 14.6 Å². The van der Waals surface area contributed by atoms with E-state index in [0.29, 0.717) is 5.92 Å². The minimum Gasteiger partial charge on any atom is -0.469 e. The van der Waals surface area contributed by atoms with Crippen molar-refractivity contribution in [2.75, 3.05) is 26.2 Å². The summed E-state index contributed by atoms with van der Waals surface area (Å²) in [6, 6.07) is 3.96. The van der Waals surface area contributed by atoms with Gasteiger partial charge in [-0.25, -0.2) is 0 Å². The van der Waals surface area contributed by atoms with E-state index in [4.69, 9.17) is 9.41 Å². The first-order valence-corrected chi connectivity index (χ1v) is 8.20. The van der Waals surface area contributed by atoms with Gasteiger partial charge in [-0.15, -0.1) is 24.0 Å². The number of guanidine groups is 1. The third-order valence-corrected chi connectivity index (χ3v) is 3.92. The van der Waals surface area contributed by atoms with E-state index in [0.717, 1.165) is 50.2 Å². The number of piperidine rings is 1.